The van der Waals surface area contributed by atoms with Crippen LogP contribution in [0.15, 0.2) is 22.3 Å². The van der Waals surface area contributed by atoms with Crippen molar-refractivity contribution in [1.29, 1.82) is 0 Å². The first-order valence-electron chi connectivity index (χ1n) is 7.40. The van der Waals surface area contributed by atoms with Gasteiger partial charge in [-0.1, -0.05) is 0 Å². The van der Waals surface area contributed by atoms with Gasteiger partial charge in [0.15, 0.2) is 0 Å². The standard InChI is InChI=1S/C16H15FN2O3S/c17-10-3-8-12(23-6-9(14(8)20)15(21)22)4-11(10)19-5-13(18)16(7-19)1-2-16/h3-4,6,13H,1-2,5,7,18H2,(H,21,22)/t13-/m1/s1. The Kier molecular flexibility index (Phi) is 3.01. The third kappa shape index (κ3) is 2.14. The molecule has 0 unspecified atom stereocenters. The molecule has 0 amide bonds. The first-order chi connectivity index (χ1) is 10.9. The van der Waals surface area contributed by atoms with E-state index >= 15 is 0 Å². The Morgan fingerprint density at radius 2 is 2.17 bits per heavy atom. The number of hydrogen-bond acceptors (Lipinski definition) is 5. The van der Waals surface area contributed by atoms with Gasteiger partial charge in [-0.2, -0.15) is 0 Å². The summed E-state index contributed by atoms with van der Waals surface area (Å²) in [6, 6.07) is 2.83. The largest absolute Gasteiger partial charge is 0.478 e. The van der Waals surface area contributed by atoms with Crippen LogP contribution in [0, 0.1) is 11.2 Å². The number of nitrogens with two attached hydrogens (primary N) is 1. The van der Waals surface area contributed by atoms with Gasteiger partial charge in [0.2, 0.25) is 5.43 Å². The molecule has 120 valence electrons. The Hall–Kier alpha value is -1.99. The van der Waals surface area contributed by atoms with Crippen LogP contribution in [0.5, 0.6) is 0 Å². The number of carboxylic acid groups (broad SMARTS) is 1. The number of carbonyl (C=O) groups is 1. The molecule has 2 aliphatic rings. The van der Waals surface area contributed by atoms with Crippen LogP contribution in [0.3, 0.4) is 0 Å². The van der Waals surface area contributed by atoms with E-state index in [0.29, 0.717) is 16.9 Å². The molecule has 1 saturated heterocycles. The minimum absolute atomic E-state index is 0.0470. The van der Waals surface area contributed by atoms with E-state index in [1.165, 1.54) is 5.38 Å². The molecular weight excluding hydrogens is 319 g/mol. The van der Waals surface area contributed by atoms with Gasteiger partial charge in [0.25, 0.3) is 0 Å². The van der Waals surface area contributed by atoms with Gasteiger partial charge < -0.3 is 15.7 Å². The lowest BCUT2D eigenvalue weighted by atomic mass is 10.0. The van der Waals surface area contributed by atoms with Crippen molar-refractivity contribution in [2.75, 3.05) is 18.0 Å². The molecule has 0 radical (unpaired) electrons. The summed E-state index contributed by atoms with van der Waals surface area (Å²) in [4.78, 5) is 25.1. The molecule has 1 aliphatic heterocycles. The van der Waals surface area contributed by atoms with E-state index < -0.39 is 17.2 Å². The predicted octanol–water partition coefficient (Wildman–Crippen LogP) is 2.03. The zero-order chi connectivity index (χ0) is 16.4. The fourth-order valence-electron chi connectivity index (χ4n) is 3.39. The second-order valence-corrected chi connectivity index (χ2v) is 7.34. The van der Waals surface area contributed by atoms with Crippen LogP contribution in [0.25, 0.3) is 10.1 Å². The monoisotopic (exact) mass is 334 g/mol. The molecular formula is C16H15FN2O3S. The maximum atomic E-state index is 14.5. The van der Waals surface area contributed by atoms with E-state index in [4.69, 9.17) is 10.8 Å². The molecule has 1 aromatic carbocycles. The molecule has 4 rings (SSSR count). The molecule has 1 spiro atoms. The Morgan fingerprint density at radius 3 is 2.78 bits per heavy atom. The average molecular weight is 334 g/mol. The van der Waals surface area contributed by atoms with Gasteiger partial charge in [-0.15, -0.1) is 11.3 Å². The van der Waals surface area contributed by atoms with Crippen LogP contribution >= 0.6 is 11.3 Å². The minimum Gasteiger partial charge on any atom is -0.478 e. The first-order valence-corrected chi connectivity index (χ1v) is 8.28. The third-order valence-electron chi connectivity index (χ3n) is 5.01. The van der Waals surface area contributed by atoms with Gasteiger partial charge in [0.05, 0.1) is 5.69 Å². The number of nitrogens with zero attached hydrogens (tertiary/aromatic N) is 1. The molecule has 1 aromatic heterocycles. The SMILES string of the molecule is N[C@@H]1CN(c2cc3scc(C(=O)O)c(=O)c3cc2F)CC12CC2. The maximum absolute atomic E-state index is 14.5. The molecule has 23 heavy (non-hydrogen) atoms. The summed E-state index contributed by atoms with van der Waals surface area (Å²) in [6.45, 7) is 1.34. The summed E-state index contributed by atoms with van der Waals surface area (Å²) in [5.74, 6) is -1.80. The molecule has 2 heterocycles. The fraction of sp³-hybridized carbons (Fsp3) is 0.375. The van der Waals surface area contributed by atoms with Crippen molar-refractivity contribution in [3.63, 3.8) is 0 Å². The van der Waals surface area contributed by atoms with Crippen LogP contribution < -0.4 is 16.1 Å². The van der Waals surface area contributed by atoms with Crippen LogP contribution in [-0.2, 0) is 0 Å². The van der Waals surface area contributed by atoms with Gasteiger partial charge >= 0.3 is 5.97 Å². The fourth-order valence-corrected chi connectivity index (χ4v) is 4.31. The summed E-state index contributed by atoms with van der Waals surface area (Å²) < 4.78 is 15.1. The summed E-state index contributed by atoms with van der Waals surface area (Å²) in [5, 5.41) is 10.4. The Balaban J connectivity index is 1.81. The van der Waals surface area contributed by atoms with Gasteiger partial charge in [-0.3, -0.25) is 4.79 Å². The number of hydrogen-bond donors (Lipinski definition) is 2. The number of fused-ring (bicyclic) bond motifs is 1. The molecule has 2 aromatic rings. The molecule has 1 aliphatic carbocycles. The highest BCUT2D eigenvalue weighted by Gasteiger charge is 2.53. The van der Waals surface area contributed by atoms with Crippen molar-refractivity contribution in [3.8, 4) is 0 Å². The smallest absolute Gasteiger partial charge is 0.340 e. The lowest BCUT2D eigenvalue weighted by Gasteiger charge is -2.19. The minimum atomic E-state index is -1.29. The molecule has 1 saturated carbocycles. The molecule has 3 N–H and O–H groups in total. The number of benzene rings is 1. The van der Waals surface area contributed by atoms with E-state index in [9.17, 15) is 14.0 Å². The lowest BCUT2D eigenvalue weighted by Crippen LogP contribution is -2.30. The van der Waals surface area contributed by atoms with Crippen LogP contribution in [0.2, 0.25) is 0 Å². The summed E-state index contributed by atoms with van der Waals surface area (Å²) in [7, 11) is 0. The topological polar surface area (TPSA) is 83.6 Å². The highest BCUT2D eigenvalue weighted by atomic mass is 32.1. The second kappa shape index (κ2) is 4.75. The van der Waals surface area contributed by atoms with Crippen molar-refractivity contribution in [2.24, 2.45) is 11.1 Å². The highest BCUT2D eigenvalue weighted by molar-refractivity contribution is 7.16. The second-order valence-electron chi connectivity index (χ2n) is 6.43. The zero-order valence-electron chi connectivity index (χ0n) is 12.2. The average Bonchev–Trinajstić information content (AvgIpc) is 3.20. The van der Waals surface area contributed by atoms with Crippen molar-refractivity contribution < 1.29 is 14.3 Å². The Morgan fingerprint density at radius 1 is 1.43 bits per heavy atom. The van der Waals surface area contributed by atoms with Crippen LogP contribution in [0.4, 0.5) is 10.1 Å². The van der Waals surface area contributed by atoms with E-state index in [-0.39, 0.29) is 22.4 Å². The number of halogens is 1. The quantitative estimate of drug-likeness (QED) is 0.878. The van der Waals surface area contributed by atoms with Crippen molar-refractivity contribution in [1.82, 2.24) is 0 Å². The van der Waals surface area contributed by atoms with Crippen molar-refractivity contribution >= 4 is 33.1 Å². The third-order valence-corrected chi connectivity index (χ3v) is 5.96. The van der Waals surface area contributed by atoms with Gasteiger partial charge in [-0.25, -0.2) is 9.18 Å². The zero-order valence-corrected chi connectivity index (χ0v) is 13.0. The van der Waals surface area contributed by atoms with E-state index in [1.54, 1.807) is 6.07 Å². The summed E-state index contributed by atoms with van der Waals surface area (Å²) in [5.41, 5.74) is 5.76. The lowest BCUT2D eigenvalue weighted by molar-refractivity contribution is 0.0696. The molecule has 0 bridgehead atoms. The molecule has 5 nitrogen and oxygen atoms in total. The van der Waals surface area contributed by atoms with Gasteiger partial charge in [0.1, 0.15) is 11.4 Å². The Labute approximate surface area is 135 Å². The summed E-state index contributed by atoms with van der Waals surface area (Å²) in [6.07, 6.45) is 2.16. The number of aromatic carboxylic acids is 1. The van der Waals surface area contributed by atoms with Crippen molar-refractivity contribution in [3.05, 3.63) is 39.1 Å². The summed E-state index contributed by atoms with van der Waals surface area (Å²) >= 11 is 1.14. The number of anilines is 1. The Bertz CT molecular complexity index is 891. The normalized spacial score (nSPS) is 22.0. The highest BCUT2D eigenvalue weighted by Crippen LogP contribution is 2.53. The first kappa shape index (κ1) is 14.6. The van der Waals surface area contributed by atoms with Gasteiger partial charge in [0, 0.05) is 40.0 Å². The van der Waals surface area contributed by atoms with E-state index in [0.717, 1.165) is 36.8 Å². The van der Waals surface area contributed by atoms with E-state index in [2.05, 4.69) is 0 Å². The van der Waals surface area contributed by atoms with Crippen molar-refractivity contribution in [2.45, 2.75) is 18.9 Å². The molecule has 7 heteroatoms. The van der Waals surface area contributed by atoms with Gasteiger partial charge in [-0.05, 0) is 25.0 Å². The number of rotatable bonds is 2. The van der Waals surface area contributed by atoms with Crippen LogP contribution in [0.1, 0.15) is 23.2 Å². The molecule has 2 fully saturated rings. The number of carboxylic acids is 1. The van der Waals surface area contributed by atoms with Crippen LogP contribution in [-0.4, -0.2) is 30.2 Å². The molecule has 1 atom stereocenters. The maximum Gasteiger partial charge on any atom is 0.340 e. The van der Waals surface area contributed by atoms with E-state index in [1.807, 2.05) is 4.90 Å². The predicted molar refractivity (Wildman–Crippen MR) is 86.9 cm³/mol.